The summed E-state index contributed by atoms with van der Waals surface area (Å²) in [5, 5.41) is 1.37. The summed E-state index contributed by atoms with van der Waals surface area (Å²) in [6.07, 6.45) is 2.18. The fourth-order valence-corrected chi connectivity index (χ4v) is 2.91. The molecule has 0 saturated heterocycles. The van der Waals surface area contributed by atoms with Crippen molar-refractivity contribution in [3.8, 4) is 0 Å². The zero-order chi connectivity index (χ0) is 11.3. The fraction of sp³-hybridized carbons (Fsp3) is 0.500. The first-order chi connectivity index (χ1) is 7.09. The van der Waals surface area contributed by atoms with E-state index in [4.69, 9.17) is 4.43 Å². The lowest BCUT2D eigenvalue weighted by molar-refractivity contribution is 0.0882. The van der Waals surface area contributed by atoms with Crippen LogP contribution in [0.4, 0.5) is 0 Å². The van der Waals surface area contributed by atoms with Crippen molar-refractivity contribution in [2.24, 2.45) is 0 Å². The van der Waals surface area contributed by atoms with Crippen LogP contribution in [0.1, 0.15) is 33.6 Å². The summed E-state index contributed by atoms with van der Waals surface area (Å²) in [6, 6.07) is 8.48. The monoisotopic (exact) mass is 286 g/mol. The van der Waals surface area contributed by atoms with Gasteiger partial charge in [-0.15, -0.1) is 0 Å². The van der Waals surface area contributed by atoms with Gasteiger partial charge in [0.1, 0.15) is 0 Å². The van der Waals surface area contributed by atoms with E-state index < -0.39 is 9.76 Å². The second kappa shape index (κ2) is 5.82. The average molecular weight is 287 g/mol. The summed E-state index contributed by atoms with van der Waals surface area (Å²) < 4.78 is 7.21. The maximum absolute atomic E-state index is 6.08. The van der Waals surface area contributed by atoms with Crippen LogP contribution in [0, 0.1) is 0 Å². The van der Waals surface area contributed by atoms with Crippen molar-refractivity contribution in [3.63, 3.8) is 0 Å². The van der Waals surface area contributed by atoms with E-state index in [0.29, 0.717) is 0 Å². The minimum absolute atomic E-state index is 0.0826. The van der Waals surface area contributed by atoms with Gasteiger partial charge in [-0.2, -0.15) is 0 Å². The van der Waals surface area contributed by atoms with Crippen molar-refractivity contribution in [3.05, 3.63) is 28.7 Å². The molecule has 0 heterocycles. The molecule has 1 nitrogen and oxygen atoms in total. The highest BCUT2D eigenvalue weighted by Gasteiger charge is 2.19. The lowest BCUT2D eigenvalue weighted by Gasteiger charge is -2.27. The Hall–Kier alpha value is -0.123. The quantitative estimate of drug-likeness (QED) is 0.757. The summed E-state index contributed by atoms with van der Waals surface area (Å²) in [5.74, 6) is 0. The second-order valence-corrected chi connectivity index (χ2v) is 6.38. The van der Waals surface area contributed by atoms with E-state index in [9.17, 15) is 0 Å². The van der Waals surface area contributed by atoms with E-state index in [1.807, 2.05) is 0 Å². The first kappa shape index (κ1) is 12.9. The number of benzene rings is 1. The first-order valence-electron chi connectivity index (χ1n) is 5.48. The molecule has 84 valence electrons. The van der Waals surface area contributed by atoms with Crippen molar-refractivity contribution in [2.45, 2.75) is 39.2 Å². The molecule has 0 aliphatic rings. The third-order valence-electron chi connectivity index (χ3n) is 3.00. The minimum Gasteiger partial charge on any atom is -0.413 e. The first-order valence-corrected chi connectivity index (χ1v) is 7.56. The van der Waals surface area contributed by atoms with Crippen LogP contribution >= 0.6 is 15.9 Å². The molecule has 0 aliphatic heterocycles. The van der Waals surface area contributed by atoms with Gasteiger partial charge >= 0.3 is 0 Å². The Bertz CT molecular complexity index is 293. The topological polar surface area (TPSA) is 9.23 Å². The molecule has 0 radical (unpaired) electrons. The Kier molecular flexibility index (Phi) is 5.03. The Morgan fingerprint density at radius 3 is 2.20 bits per heavy atom. The Morgan fingerprint density at radius 1 is 1.20 bits per heavy atom. The molecule has 0 spiro atoms. The van der Waals surface area contributed by atoms with Crippen LogP contribution in [0.2, 0.25) is 0 Å². The minimum atomic E-state index is -0.574. The zero-order valence-corrected chi connectivity index (χ0v) is 12.7. The van der Waals surface area contributed by atoms with Gasteiger partial charge in [0.05, 0.1) is 5.60 Å². The van der Waals surface area contributed by atoms with Crippen molar-refractivity contribution in [2.75, 3.05) is 0 Å². The molecule has 0 N–H and O–H groups in total. The van der Waals surface area contributed by atoms with Crippen LogP contribution in [-0.4, -0.2) is 15.4 Å². The predicted octanol–water partition coefficient (Wildman–Crippen LogP) is 2.75. The van der Waals surface area contributed by atoms with Gasteiger partial charge in [0.15, 0.2) is 9.76 Å². The highest BCUT2D eigenvalue weighted by Crippen LogP contribution is 2.18. The smallest absolute Gasteiger partial charge is 0.193 e. The Labute approximate surface area is 103 Å². The predicted molar refractivity (Wildman–Crippen MR) is 72.4 cm³/mol. The van der Waals surface area contributed by atoms with Crippen LogP contribution in [-0.2, 0) is 4.43 Å². The van der Waals surface area contributed by atoms with Crippen LogP contribution in [0.25, 0.3) is 0 Å². The highest BCUT2D eigenvalue weighted by molar-refractivity contribution is 9.10. The number of rotatable bonds is 5. The summed E-state index contributed by atoms with van der Waals surface area (Å²) in [6.45, 7) is 6.60. The molecule has 0 fully saturated rings. The van der Waals surface area contributed by atoms with Gasteiger partial charge in [0.2, 0.25) is 0 Å². The van der Waals surface area contributed by atoms with E-state index in [-0.39, 0.29) is 5.60 Å². The molecule has 0 unspecified atom stereocenters. The normalized spacial score (nSPS) is 12.5. The summed E-state index contributed by atoms with van der Waals surface area (Å²) in [5.41, 5.74) is 0.0826. The molecule has 1 rings (SSSR count). The third-order valence-corrected chi connectivity index (χ3v) is 5.17. The lowest BCUT2D eigenvalue weighted by Crippen LogP contribution is -2.33. The Morgan fingerprint density at radius 2 is 1.73 bits per heavy atom. The number of halogens is 1. The number of hydrogen-bond acceptors (Lipinski definition) is 1. The van der Waals surface area contributed by atoms with Crippen molar-refractivity contribution in [1.82, 2.24) is 0 Å². The van der Waals surface area contributed by atoms with Gasteiger partial charge < -0.3 is 4.43 Å². The summed E-state index contributed by atoms with van der Waals surface area (Å²) in [7, 11) is -0.574. The molecular formula is C12H19BrOSi. The van der Waals surface area contributed by atoms with E-state index in [1.54, 1.807) is 0 Å². The van der Waals surface area contributed by atoms with Crippen LogP contribution < -0.4 is 5.19 Å². The maximum atomic E-state index is 6.08. The Balaban J connectivity index is 2.53. The van der Waals surface area contributed by atoms with Crippen LogP contribution in [0.15, 0.2) is 28.7 Å². The van der Waals surface area contributed by atoms with Crippen molar-refractivity contribution >= 4 is 30.9 Å². The van der Waals surface area contributed by atoms with Crippen LogP contribution in [0.5, 0.6) is 0 Å². The molecule has 1 aromatic rings. The van der Waals surface area contributed by atoms with E-state index in [0.717, 1.165) is 17.3 Å². The zero-order valence-electron chi connectivity index (χ0n) is 9.72. The van der Waals surface area contributed by atoms with Gasteiger partial charge in [0, 0.05) is 4.47 Å². The molecule has 0 aromatic heterocycles. The molecule has 1 aromatic carbocycles. The molecule has 0 aliphatic carbocycles. The van der Waals surface area contributed by atoms with Gasteiger partial charge in [-0.25, -0.2) is 0 Å². The highest BCUT2D eigenvalue weighted by atomic mass is 79.9. The fourth-order valence-electron chi connectivity index (χ4n) is 1.29. The largest absolute Gasteiger partial charge is 0.413 e. The van der Waals surface area contributed by atoms with E-state index in [2.05, 4.69) is 61.0 Å². The average Bonchev–Trinajstić information content (AvgIpc) is 2.28. The lowest BCUT2D eigenvalue weighted by atomic mass is 10.0. The summed E-state index contributed by atoms with van der Waals surface area (Å²) in [4.78, 5) is 0. The van der Waals surface area contributed by atoms with E-state index >= 15 is 0 Å². The summed E-state index contributed by atoms with van der Waals surface area (Å²) >= 11 is 3.44. The number of hydrogen-bond donors (Lipinski definition) is 0. The van der Waals surface area contributed by atoms with Crippen molar-refractivity contribution < 1.29 is 4.43 Å². The van der Waals surface area contributed by atoms with Gasteiger partial charge in [-0.05, 0) is 37.1 Å². The molecule has 3 heteroatoms. The van der Waals surface area contributed by atoms with E-state index in [1.165, 1.54) is 5.19 Å². The van der Waals surface area contributed by atoms with Gasteiger partial charge in [-0.3, -0.25) is 0 Å². The molecule has 0 amide bonds. The second-order valence-electron chi connectivity index (χ2n) is 4.07. The maximum Gasteiger partial charge on any atom is 0.193 e. The van der Waals surface area contributed by atoms with Gasteiger partial charge in [0.25, 0.3) is 0 Å². The van der Waals surface area contributed by atoms with Gasteiger partial charge in [-0.1, -0.05) is 41.9 Å². The third kappa shape index (κ3) is 4.09. The van der Waals surface area contributed by atoms with Crippen molar-refractivity contribution in [1.29, 1.82) is 0 Å². The standard InChI is InChI=1S/C12H19BrOSi/c1-4-12(3,5-2)14-15-11-8-6-10(13)7-9-11/h6-9H,4-5,15H2,1-3H3. The molecular weight excluding hydrogens is 268 g/mol. The molecule has 0 saturated carbocycles. The molecule has 15 heavy (non-hydrogen) atoms. The SMILES string of the molecule is CCC(C)(CC)O[SiH2]c1ccc(Br)cc1. The molecule has 0 bridgehead atoms. The molecule has 0 atom stereocenters. The van der Waals surface area contributed by atoms with Crippen LogP contribution in [0.3, 0.4) is 0 Å².